The third-order valence-corrected chi connectivity index (χ3v) is 11.0. The van der Waals surface area contributed by atoms with Crippen molar-refractivity contribution in [2.24, 2.45) is 29.6 Å². The van der Waals surface area contributed by atoms with Gasteiger partial charge in [-0.05, 0) is 48.3 Å². The summed E-state index contributed by atoms with van der Waals surface area (Å²) in [7, 11) is 2.92. The van der Waals surface area contributed by atoms with Crippen molar-refractivity contribution < 1.29 is 34.1 Å². The summed E-state index contributed by atoms with van der Waals surface area (Å²) >= 11 is 2.74. The molecule has 2 saturated carbocycles. The Morgan fingerprint density at radius 2 is 1.76 bits per heavy atom. The number of phenols is 1. The molecule has 6 rings (SSSR count). The van der Waals surface area contributed by atoms with Crippen LogP contribution in [0, 0.1) is 29.6 Å². The summed E-state index contributed by atoms with van der Waals surface area (Å²) in [5.41, 5.74) is 0.817. The molecule has 4 aliphatic rings. The number of nitrogens with one attached hydrogen (secondary N) is 1. The number of aromatic amines is 1. The van der Waals surface area contributed by atoms with E-state index in [-0.39, 0.29) is 82.2 Å². The number of likely N-dealkylation sites (tertiary alicyclic amines) is 1. The number of thioether (sulfide) groups is 1. The highest BCUT2D eigenvalue weighted by Gasteiger charge is 2.69. The standard InChI is InChI=1S/C25H26N2O8S2/c1-34-12-6-9(7-13(35-2)19(12)30)15-16-10-8-11(20(16)36-22-21(15)37-25(33)26-22)18-17(10)23(31)27(24(18)32)5-3-4-14(28)29/h6-7,10-11,15-18,20,30H,3-5,8H2,1-2H3,(H,26,33)(H,28,29)/t10-,11+,15+,16+,17+,18-,20-/m1/s1. The molecule has 2 aliphatic carbocycles. The Bertz CT molecular complexity index is 1340. The van der Waals surface area contributed by atoms with Crippen LogP contribution >= 0.6 is 23.1 Å². The van der Waals surface area contributed by atoms with Gasteiger partial charge in [-0.3, -0.25) is 24.1 Å². The smallest absolute Gasteiger partial charge is 0.305 e. The van der Waals surface area contributed by atoms with Gasteiger partial charge in [0.2, 0.25) is 17.6 Å². The molecule has 37 heavy (non-hydrogen) atoms. The highest BCUT2D eigenvalue weighted by Crippen LogP contribution is 2.68. The molecule has 1 aromatic carbocycles. The normalized spacial score (nSPS) is 31.3. The van der Waals surface area contributed by atoms with Gasteiger partial charge in [0.25, 0.3) is 0 Å². The van der Waals surface area contributed by atoms with Crippen molar-refractivity contribution in [3.8, 4) is 17.2 Å². The maximum Gasteiger partial charge on any atom is 0.305 e. The van der Waals surface area contributed by atoms with Crippen LogP contribution in [0.15, 0.2) is 22.0 Å². The van der Waals surface area contributed by atoms with Gasteiger partial charge in [-0.2, -0.15) is 0 Å². The summed E-state index contributed by atoms with van der Waals surface area (Å²) in [6.45, 7) is 0.120. The van der Waals surface area contributed by atoms with Gasteiger partial charge in [0.1, 0.15) is 0 Å². The van der Waals surface area contributed by atoms with Gasteiger partial charge < -0.3 is 24.7 Å². The van der Waals surface area contributed by atoms with Gasteiger partial charge in [-0.25, -0.2) is 0 Å². The number of hydrogen-bond acceptors (Lipinski definition) is 9. The number of phenolic OH excluding ortho intramolecular Hbond substituents is 1. The maximum absolute atomic E-state index is 13.5. The number of carbonyl (C=O) groups excluding carboxylic acids is 2. The first kappa shape index (κ1) is 24.4. The fourth-order valence-corrected chi connectivity index (χ4v) is 10.0. The van der Waals surface area contributed by atoms with Crippen LogP contribution in [0.5, 0.6) is 17.2 Å². The van der Waals surface area contributed by atoms with Crippen LogP contribution in [0.25, 0.3) is 0 Å². The number of aliphatic carboxylic acids is 1. The molecule has 1 aromatic heterocycles. The molecule has 196 valence electrons. The lowest BCUT2D eigenvalue weighted by atomic mass is 9.68. The SMILES string of the molecule is COc1cc([C@@H]2c3sc(=O)[nH]c3S[C@@H]3[C@H]4C[C@@H]([C@@H]5C(=O)N(CCCC(=O)O)C(=O)[C@H]45)[C@@H]23)cc(OC)c1O. The van der Waals surface area contributed by atoms with E-state index in [9.17, 15) is 24.3 Å². The van der Waals surface area contributed by atoms with Crippen LogP contribution in [0.4, 0.5) is 0 Å². The number of carboxylic acid groups (broad SMARTS) is 1. The predicted molar refractivity (Wildman–Crippen MR) is 133 cm³/mol. The maximum atomic E-state index is 13.5. The number of imide groups is 1. The molecule has 1 saturated heterocycles. The second kappa shape index (κ2) is 8.80. The minimum atomic E-state index is -0.954. The van der Waals surface area contributed by atoms with E-state index in [0.29, 0.717) is 0 Å². The largest absolute Gasteiger partial charge is 0.502 e. The first-order valence-electron chi connectivity index (χ1n) is 12.2. The van der Waals surface area contributed by atoms with Gasteiger partial charge >= 0.3 is 10.8 Å². The van der Waals surface area contributed by atoms with E-state index in [2.05, 4.69) is 4.98 Å². The molecule has 0 unspecified atom stereocenters. The number of H-pyrrole nitrogens is 1. The number of carboxylic acids is 1. The topological polar surface area (TPSA) is 146 Å². The summed E-state index contributed by atoms with van der Waals surface area (Å²) in [4.78, 5) is 55.2. The van der Waals surface area contributed by atoms with Crippen molar-refractivity contribution in [1.82, 2.24) is 9.88 Å². The molecule has 0 spiro atoms. The number of aromatic nitrogens is 1. The zero-order chi connectivity index (χ0) is 26.2. The van der Waals surface area contributed by atoms with E-state index >= 15 is 0 Å². The lowest BCUT2D eigenvalue weighted by Crippen LogP contribution is -2.42. The van der Waals surface area contributed by atoms with Gasteiger partial charge in [0, 0.05) is 29.0 Å². The van der Waals surface area contributed by atoms with Crippen molar-refractivity contribution in [2.75, 3.05) is 20.8 Å². The van der Waals surface area contributed by atoms with E-state index in [1.807, 2.05) is 0 Å². The van der Waals surface area contributed by atoms with Crippen LogP contribution in [-0.4, -0.2) is 63.9 Å². The van der Waals surface area contributed by atoms with E-state index in [1.54, 1.807) is 23.9 Å². The summed E-state index contributed by atoms with van der Waals surface area (Å²) in [5.74, 6) is -2.14. The van der Waals surface area contributed by atoms with Crippen LogP contribution in [0.3, 0.4) is 0 Å². The monoisotopic (exact) mass is 546 g/mol. The van der Waals surface area contributed by atoms with Gasteiger partial charge in [-0.1, -0.05) is 11.3 Å². The Morgan fingerprint density at radius 1 is 1.11 bits per heavy atom. The first-order chi connectivity index (χ1) is 17.7. The zero-order valence-corrected chi connectivity index (χ0v) is 21.8. The molecular weight excluding hydrogens is 520 g/mol. The number of rotatable bonds is 7. The summed E-state index contributed by atoms with van der Waals surface area (Å²) in [5, 5.41) is 20.3. The molecule has 2 amide bonds. The molecule has 10 nitrogen and oxygen atoms in total. The average Bonchev–Trinajstić information content (AvgIpc) is 3.59. The van der Waals surface area contributed by atoms with Gasteiger partial charge in [0.15, 0.2) is 11.5 Å². The summed E-state index contributed by atoms with van der Waals surface area (Å²) < 4.78 is 10.8. The Hall–Kier alpha value is -2.99. The molecule has 12 heteroatoms. The number of thiazole rings is 1. The number of methoxy groups -OCH3 is 2. The average molecular weight is 547 g/mol. The number of amides is 2. The van der Waals surface area contributed by atoms with Crippen molar-refractivity contribution in [3.05, 3.63) is 32.2 Å². The van der Waals surface area contributed by atoms with E-state index in [4.69, 9.17) is 14.6 Å². The number of benzene rings is 1. The number of ether oxygens (including phenoxy) is 2. The van der Waals surface area contributed by atoms with Crippen LogP contribution in [0.2, 0.25) is 0 Å². The number of nitrogens with zero attached hydrogens (tertiary/aromatic N) is 1. The van der Waals surface area contributed by atoms with Gasteiger partial charge in [0.05, 0.1) is 31.1 Å². The third kappa shape index (κ3) is 3.52. The lowest BCUT2D eigenvalue weighted by Gasteiger charge is -2.43. The van der Waals surface area contributed by atoms with Gasteiger partial charge in [-0.15, -0.1) is 11.8 Å². The molecular formula is C25H26N2O8S2. The van der Waals surface area contributed by atoms with E-state index in [1.165, 1.54) is 19.1 Å². The Labute approximate surface area is 220 Å². The third-order valence-electron chi connectivity index (χ3n) is 8.45. The number of fused-ring (bicyclic) bond motifs is 9. The van der Waals surface area contributed by atoms with Crippen LogP contribution in [-0.2, 0) is 14.4 Å². The van der Waals surface area contributed by atoms with Crippen LogP contribution in [0.1, 0.15) is 35.6 Å². The van der Waals surface area contributed by atoms with E-state index < -0.39 is 17.8 Å². The zero-order valence-electron chi connectivity index (χ0n) is 20.1. The van der Waals surface area contributed by atoms with Crippen molar-refractivity contribution in [2.45, 2.75) is 35.5 Å². The quantitative estimate of drug-likeness (QED) is 0.446. The minimum absolute atomic E-state index is 0.00938. The molecule has 3 heterocycles. The fraction of sp³-hybridized carbons (Fsp3) is 0.520. The number of hydrogen-bond donors (Lipinski definition) is 3. The molecule has 3 fully saturated rings. The second-order valence-electron chi connectivity index (χ2n) is 10.1. The minimum Gasteiger partial charge on any atom is -0.502 e. The van der Waals surface area contributed by atoms with E-state index in [0.717, 1.165) is 33.2 Å². The highest BCUT2D eigenvalue weighted by molar-refractivity contribution is 8.00. The van der Waals surface area contributed by atoms with Crippen molar-refractivity contribution in [3.63, 3.8) is 0 Å². The second-order valence-corrected chi connectivity index (χ2v) is 12.3. The summed E-state index contributed by atoms with van der Waals surface area (Å²) in [6, 6.07) is 3.51. The Morgan fingerprint density at radius 3 is 2.38 bits per heavy atom. The Kier molecular flexibility index (Phi) is 5.79. The predicted octanol–water partition coefficient (Wildman–Crippen LogP) is 2.50. The molecule has 3 N–H and O–H groups in total. The fourth-order valence-electron chi connectivity index (χ4n) is 7.15. The Balaban J connectivity index is 1.41. The lowest BCUT2D eigenvalue weighted by molar-refractivity contribution is -0.142. The number of carbonyl (C=O) groups is 3. The highest BCUT2D eigenvalue weighted by atomic mass is 32.2. The molecule has 2 bridgehead atoms. The molecule has 7 atom stereocenters. The molecule has 2 aromatic rings. The summed E-state index contributed by atoms with van der Waals surface area (Å²) in [6.07, 6.45) is 0.887. The van der Waals surface area contributed by atoms with Crippen LogP contribution < -0.4 is 14.3 Å². The number of aromatic hydroxyl groups is 1. The van der Waals surface area contributed by atoms with Crippen molar-refractivity contribution in [1.29, 1.82) is 0 Å². The van der Waals surface area contributed by atoms with Crippen molar-refractivity contribution >= 4 is 40.9 Å². The first-order valence-corrected chi connectivity index (χ1v) is 13.9. The molecule has 0 radical (unpaired) electrons. The molecule has 2 aliphatic heterocycles.